The molecule has 84 valence electrons. The highest BCUT2D eigenvalue weighted by Crippen LogP contribution is 2.20. The fraction of sp³-hybridized carbons (Fsp3) is 0.750. The Bertz CT molecular complexity index is 315. The molecule has 1 atom stereocenters. The van der Waals surface area contributed by atoms with Crippen LogP contribution in [-0.2, 0) is 19.4 Å². The van der Waals surface area contributed by atoms with E-state index in [-0.39, 0.29) is 0 Å². The first-order chi connectivity index (χ1) is 7.27. The minimum atomic E-state index is 0.323. The summed E-state index contributed by atoms with van der Waals surface area (Å²) in [6.07, 6.45) is 9.31. The summed E-state index contributed by atoms with van der Waals surface area (Å²) >= 11 is 0. The van der Waals surface area contributed by atoms with Gasteiger partial charge < -0.3 is 10.3 Å². The standard InChI is InChI=1S/C12H21N3/c1-10(13)5-4-8-15-9-14-11-6-2-3-7-12(11)15/h9-10H,2-8,13H2,1H3. The molecule has 0 spiro atoms. The van der Waals surface area contributed by atoms with Gasteiger partial charge in [0.1, 0.15) is 0 Å². The molecule has 0 saturated heterocycles. The van der Waals surface area contributed by atoms with Crippen molar-refractivity contribution in [2.75, 3.05) is 0 Å². The first-order valence-corrected chi connectivity index (χ1v) is 6.06. The molecule has 1 aromatic heterocycles. The Balaban J connectivity index is 1.94. The average Bonchev–Trinajstić information content (AvgIpc) is 2.62. The Labute approximate surface area is 91.7 Å². The van der Waals surface area contributed by atoms with Crippen LogP contribution in [0.1, 0.15) is 44.0 Å². The molecule has 3 heteroatoms. The number of fused-ring (bicyclic) bond motifs is 1. The van der Waals surface area contributed by atoms with Crippen LogP contribution in [0, 0.1) is 0 Å². The summed E-state index contributed by atoms with van der Waals surface area (Å²) in [6, 6.07) is 0.323. The van der Waals surface area contributed by atoms with Crippen molar-refractivity contribution in [3.63, 3.8) is 0 Å². The van der Waals surface area contributed by atoms with E-state index < -0.39 is 0 Å². The van der Waals surface area contributed by atoms with Gasteiger partial charge in [0.25, 0.3) is 0 Å². The van der Waals surface area contributed by atoms with Gasteiger partial charge in [-0.25, -0.2) is 4.98 Å². The van der Waals surface area contributed by atoms with Crippen molar-refractivity contribution in [2.45, 2.75) is 58.0 Å². The maximum Gasteiger partial charge on any atom is 0.0951 e. The minimum Gasteiger partial charge on any atom is -0.334 e. The average molecular weight is 207 g/mol. The van der Waals surface area contributed by atoms with Crippen LogP contribution >= 0.6 is 0 Å². The maximum absolute atomic E-state index is 5.74. The molecule has 0 fully saturated rings. The Hall–Kier alpha value is -0.830. The van der Waals surface area contributed by atoms with Crippen molar-refractivity contribution in [3.05, 3.63) is 17.7 Å². The number of hydrogen-bond donors (Lipinski definition) is 1. The number of nitrogens with two attached hydrogens (primary N) is 1. The zero-order chi connectivity index (χ0) is 10.7. The van der Waals surface area contributed by atoms with Gasteiger partial charge in [-0.1, -0.05) is 0 Å². The first kappa shape index (κ1) is 10.7. The minimum absolute atomic E-state index is 0.323. The maximum atomic E-state index is 5.74. The molecule has 2 N–H and O–H groups in total. The zero-order valence-electron chi connectivity index (χ0n) is 9.58. The van der Waals surface area contributed by atoms with Crippen molar-refractivity contribution in [1.82, 2.24) is 9.55 Å². The third-order valence-electron chi connectivity index (χ3n) is 3.17. The number of rotatable bonds is 4. The van der Waals surface area contributed by atoms with Gasteiger partial charge in [0.05, 0.1) is 12.0 Å². The zero-order valence-corrected chi connectivity index (χ0v) is 9.58. The van der Waals surface area contributed by atoms with Crippen LogP contribution in [0.5, 0.6) is 0 Å². The Kier molecular flexibility index (Phi) is 3.41. The lowest BCUT2D eigenvalue weighted by molar-refractivity contribution is 0.535. The van der Waals surface area contributed by atoms with Crippen LogP contribution in [-0.4, -0.2) is 15.6 Å². The highest BCUT2D eigenvalue weighted by molar-refractivity contribution is 5.16. The number of nitrogens with zero attached hydrogens (tertiary/aromatic N) is 2. The van der Waals surface area contributed by atoms with Crippen LogP contribution < -0.4 is 5.73 Å². The van der Waals surface area contributed by atoms with Crippen molar-refractivity contribution in [1.29, 1.82) is 0 Å². The molecule has 3 nitrogen and oxygen atoms in total. The molecule has 1 aliphatic carbocycles. The summed E-state index contributed by atoms with van der Waals surface area (Å²) in [5.41, 5.74) is 8.56. The molecule has 2 rings (SSSR count). The van der Waals surface area contributed by atoms with Gasteiger partial charge in [-0.05, 0) is 45.4 Å². The van der Waals surface area contributed by atoms with Crippen LogP contribution in [0.4, 0.5) is 0 Å². The molecule has 1 aromatic rings. The second-order valence-electron chi connectivity index (χ2n) is 4.66. The first-order valence-electron chi connectivity index (χ1n) is 6.06. The highest BCUT2D eigenvalue weighted by atomic mass is 15.1. The highest BCUT2D eigenvalue weighted by Gasteiger charge is 2.14. The van der Waals surface area contributed by atoms with Gasteiger partial charge in [0, 0.05) is 18.3 Å². The molecule has 0 aliphatic heterocycles. The molecule has 1 aliphatic rings. The predicted octanol–water partition coefficient (Wildman–Crippen LogP) is 1.89. The van der Waals surface area contributed by atoms with Gasteiger partial charge in [-0.2, -0.15) is 0 Å². The molecular weight excluding hydrogens is 186 g/mol. The van der Waals surface area contributed by atoms with E-state index in [1.807, 2.05) is 6.33 Å². The molecule has 0 aromatic carbocycles. The van der Waals surface area contributed by atoms with E-state index >= 15 is 0 Å². The predicted molar refractivity (Wildman–Crippen MR) is 61.8 cm³/mol. The topological polar surface area (TPSA) is 43.8 Å². The van der Waals surface area contributed by atoms with E-state index in [4.69, 9.17) is 5.73 Å². The fourth-order valence-electron chi connectivity index (χ4n) is 2.31. The van der Waals surface area contributed by atoms with Crippen molar-refractivity contribution in [2.24, 2.45) is 5.73 Å². The van der Waals surface area contributed by atoms with E-state index in [0.29, 0.717) is 6.04 Å². The van der Waals surface area contributed by atoms with E-state index in [9.17, 15) is 0 Å². The fourth-order valence-corrected chi connectivity index (χ4v) is 2.31. The van der Waals surface area contributed by atoms with E-state index in [0.717, 1.165) is 13.0 Å². The summed E-state index contributed by atoms with van der Waals surface area (Å²) in [5, 5.41) is 0. The molecule has 0 amide bonds. The SMILES string of the molecule is CC(N)CCCn1cnc2c1CCCC2. The Morgan fingerprint density at radius 3 is 3.07 bits per heavy atom. The molecular formula is C12H21N3. The van der Waals surface area contributed by atoms with Gasteiger partial charge >= 0.3 is 0 Å². The van der Waals surface area contributed by atoms with Crippen LogP contribution in [0.25, 0.3) is 0 Å². The smallest absolute Gasteiger partial charge is 0.0951 e. The molecule has 0 radical (unpaired) electrons. The molecule has 15 heavy (non-hydrogen) atoms. The summed E-state index contributed by atoms with van der Waals surface area (Å²) in [6.45, 7) is 3.16. The van der Waals surface area contributed by atoms with Crippen molar-refractivity contribution < 1.29 is 0 Å². The third-order valence-corrected chi connectivity index (χ3v) is 3.17. The van der Waals surface area contributed by atoms with Crippen molar-refractivity contribution >= 4 is 0 Å². The lowest BCUT2D eigenvalue weighted by Gasteiger charge is -2.14. The lowest BCUT2D eigenvalue weighted by Crippen LogP contribution is -2.16. The molecule has 1 unspecified atom stereocenters. The van der Waals surface area contributed by atoms with E-state index in [1.54, 1.807) is 0 Å². The van der Waals surface area contributed by atoms with Crippen molar-refractivity contribution in [3.8, 4) is 0 Å². The lowest BCUT2D eigenvalue weighted by atomic mass is 10.0. The third kappa shape index (κ3) is 2.59. The quantitative estimate of drug-likeness (QED) is 0.819. The Morgan fingerprint density at radius 1 is 1.47 bits per heavy atom. The number of imidazole rings is 1. The number of hydrogen-bond acceptors (Lipinski definition) is 2. The number of aromatic nitrogens is 2. The van der Waals surface area contributed by atoms with E-state index in [2.05, 4.69) is 16.5 Å². The van der Waals surface area contributed by atoms with Gasteiger partial charge in [0.15, 0.2) is 0 Å². The second-order valence-corrected chi connectivity index (χ2v) is 4.66. The summed E-state index contributed by atoms with van der Waals surface area (Å²) in [4.78, 5) is 4.49. The Morgan fingerprint density at radius 2 is 2.27 bits per heavy atom. The van der Waals surface area contributed by atoms with Gasteiger partial charge in [-0.15, -0.1) is 0 Å². The van der Waals surface area contributed by atoms with E-state index in [1.165, 1.54) is 43.5 Å². The largest absolute Gasteiger partial charge is 0.334 e. The normalized spacial score (nSPS) is 17.5. The van der Waals surface area contributed by atoms with Gasteiger partial charge in [0.2, 0.25) is 0 Å². The monoisotopic (exact) mass is 207 g/mol. The molecule has 0 bridgehead atoms. The van der Waals surface area contributed by atoms with Crippen LogP contribution in [0.3, 0.4) is 0 Å². The summed E-state index contributed by atoms with van der Waals surface area (Å²) < 4.78 is 2.33. The number of aryl methyl sites for hydroxylation is 2. The summed E-state index contributed by atoms with van der Waals surface area (Å²) in [7, 11) is 0. The van der Waals surface area contributed by atoms with Gasteiger partial charge in [-0.3, -0.25) is 0 Å². The van der Waals surface area contributed by atoms with Crippen LogP contribution in [0.2, 0.25) is 0 Å². The molecule has 0 saturated carbocycles. The second kappa shape index (κ2) is 4.79. The van der Waals surface area contributed by atoms with Crippen LogP contribution in [0.15, 0.2) is 6.33 Å². The summed E-state index contributed by atoms with van der Waals surface area (Å²) in [5.74, 6) is 0. The molecule has 1 heterocycles.